The maximum Gasteiger partial charge on any atom is 0.317 e. The minimum Gasteiger partial charge on any atom is -0.480 e. The molecule has 1 saturated heterocycles. The molecule has 2 N–H and O–H groups in total. The molecular weight excluding hydrogens is 550 g/mol. The SMILES string of the molecule is O=C(O)CN1CCN2CCN(CC(=O)O)CCN(CC1)Cc1cccc(n1)-c1c(C3CC3)nnn1Cc1cccc(n1)C2. The predicted octanol–water partition coefficient (Wildman–Crippen LogP) is 1.07. The van der Waals surface area contributed by atoms with Gasteiger partial charge in [0.15, 0.2) is 0 Å². The van der Waals surface area contributed by atoms with Gasteiger partial charge in [0, 0.05) is 71.4 Å². The van der Waals surface area contributed by atoms with Crippen LogP contribution >= 0.6 is 0 Å². The van der Waals surface area contributed by atoms with Gasteiger partial charge in [-0.15, -0.1) is 5.10 Å². The highest BCUT2D eigenvalue weighted by Gasteiger charge is 2.32. The molecule has 1 saturated carbocycles. The molecule has 3 aliphatic heterocycles. The van der Waals surface area contributed by atoms with Crippen LogP contribution in [0.1, 0.15) is 41.5 Å². The van der Waals surface area contributed by atoms with Crippen molar-refractivity contribution in [1.82, 2.24) is 44.6 Å². The Morgan fingerprint density at radius 3 is 1.74 bits per heavy atom. The zero-order valence-corrected chi connectivity index (χ0v) is 24.4. The van der Waals surface area contributed by atoms with Gasteiger partial charge in [-0.05, 0) is 37.1 Å². The summed E-state index contributed by atoms with van der Waals surface area (Å²) in [6.45, 7) is 6.41. The van der Waals surface area contributed by atoms with Crippen LogP contribution in [0.15, 0.2) is 36.4 Å². The molecule has 0 aromatic carbocycles. The summed E-state index contributed by atoms with van der Waals surface area (Å²) >= 11 is 0. The van der Waals surface area contributed by atoms with Crippen molar-refractivity contribution in [2.75, 3.05) is 65.4 Å². The number of pyridine rings is 2. The van der Waals surface area contributed by atoms with Gasteiger partial charge < -0.3 is 10.2 Å². The Morgan fingerprint density at radius 1 is 0.698 bits per heavy atom. The van der Waals surface area contributed by atoms with E-state index in [-0.39, 0.29) is 13.1 Å². The molecule has 0 radical (unpaired) electrons. The number of fused-ring (bicyclic) bond motifs is 8. The van der Waals surface area contributed by atoms with E-state index in [1.807, 2.05) is 50.9 Å². The van der Waals surface area contributed by atoms with Crippen LogP contribution in [0, 0.1) is 0 Å². The molecule has 3 aromatic rings. The lowest BCUT2D eigenvalue weighted by Crippen LogP contribution is -2.47. The molecule has 0 amide bonds. The van der Waals surface area contributed by atoms with Crippen LogP contribution in [0.2, 0.25) is 0 Å². The third-order valence-electron chi connectivity index (χ3n) is 8.37. The standard InChI is InChI=1S/C30H39N9O4/c40-27(41)20-37-13-9-35-10-14-38(21-28(42)43)16-12-36(11-15-37)18-24-5-2-6-26(32-24)30-29(22-7-8-22)33-34-39(30)19-25-4-1-3-23(17-35)31-25/h1-6,22H,7-21H2,(H,40,41)(H,42,43). The zero-order valence-electron chi connectivity index (χ0n) is 24.4. The van der Waals surface area contributed by atoms with Gasteiger partial charge in [-0.1, -0.05) is 17.3 Å². The highest BCUT2D eigenvalue weighted by molar-refractivity contribution is 5.69. The number of carboxylic acids is 2. The summed E-state index contributed by atoms with van der Waals surface area (Å²) in [6.07, 6.45) is 2.20. The van der Waals surface area contributed by atoms with Crippen LogP contribution in [0.25, 0.3) is 11.4 Å². The van der Waals surface area contributed by atoms with E-state index in [0.717, 1.165) is 47.0 Å². The topological polar surface area (TPSA) is 144 Å². The van der Waals surface area contributed by atoms with E-state index < -0.39 is 11.9 Å². The summed E-state index contributed by atoms with van der Waals surface area (Å²) in [5.41, 5.74) is 5.41. The van der Waals surface area contributed by atoms with E-state index >= 15 is 0 Å². The van der Waals surface area contributed by atoms with E-state index in [1.54, 1.807) is 0 Å². The number of nitrogens with zero attached hydrogens (tertiary/aromatic N) is 9. The summed E-state index contributed by atoms with van der Waals surface area (Å²) in [6, 6.07) is 12.0. The predicted molar refractivity (Wildman–Crippen MR) is 157 cm³/mol. The van der Waals surface area contributed by atoms with Gasteiger partial charge >= 0.3 is 11.9 Å². The Hall–Kier alpha value is -3.78. The number of carboxylic acid groups (broad SMARTS) is 2. The van der Waals surface area contributed by atoms with E-state index in [0.29, 0.717) is 77.9 Å². The van der Waals surface area contributed by atoms with Gasteiger partial charge in [-0.25, -0.2) is 9.67 Å². The van der Waals surface area contributed by atoms with Gasteiger partial charge in [0.05, 0.1) is 48.1 Å². The van der Waals surface area contributed by atoms with Crippen LogP contribution < -0.4 is 0 Å². The van der Waals surface area contributed by atoms with E-state index in [1.165, 1.54) is 0 Å². The largest absolute Gasteiger partial charge is 0.480 e. The van der Waals surface area contributed by atoms with Crippen molar-refractivity contribution in [3.05, 3.63) is 59.2 Å². The second kappa shape index (κ2) is 13.2. The normalized spacial score (nSPS) is 22.4. The number of aromatic nitrogens is 5. The maximum atomic E-state index is 11.7. The smallest absolute Gasteiger partial charge is 0.317 e. The second-order valence-electron chi connectivity index (χ2n) is 11.8. The minimum atomic E-state index is -0.847. The fraction of sp³-hybridized carbons (Fsp3) is 0.533. The first-order valence-electron chi connectivity index (χ1n) is 15.1. The van der Waals surface area contributed by atoms with Crippen molar-refractivity contribution in [1.29, 1.82) is 0 Å². The van der Waals surface area contributed by atoms with Crippen LogP contribution in [-0.4, -0.2) is 132 Å². The fourth-order valence-corrected chi connectivity index (χ4v) is 5.94. The van der Waals surface area contributed by atoms with Crippen molar-refractivity contribution in [2.45, 2.75) is 38.4 Å². The molecular formula is C30H39N9O4. The molecule has 228 valence electrons. The average Bonchev–Trinajstić information content (AvgIpc) is 3.73. The number of hydrogen-bond acceptors (Lipinski definition) is 10. The molecule has 2 fully saturated rings. The molecule has 0 unspecified atom stereocenters. The molecule has 0 spiro atoms. The van der Waals surface area contributed by atoms with Crippen molar-refractivity contribution >= 4 is 11.9 Å². The molecule has 6 bridgehead atoms. The van der Waals surface area contributed by atoms with Crippen LogP contribution in [0.3, 0.4) is 0 Å². The molecule has 0 atom stereocenters. The Morgan fingerprint density at radius 2 is 1.21 bits per heavy atom. The van der Waals surface area contributed by atoms with Crippen LogP contribution in [0.4, 0.5) is 0 Å². The quantitative estimate of drug-likeness (QED) is 0.439. The van der Waals surface area contributed by atoms with Crippen molar-refractivity contribution in [3.8, 4) is 11.4 Å². The first kappa shape index (κ1) is 29.3. The highest BCUT2D eigenvalue weighted by atomic mass is 16.4. The molecule has 13 heteroatoms. The lowest BCUT2D eigenvalue weighted by molar-refractivity contribution is -0.139. The van der Waals surface area contributed by atoms with E-state index in [2.05, 4.69) is 20.1 Å². The molecule has 13 nitrogen and oxygen atoms in total. The molecule has 3 aromatic heterocycles. The summed E-state index contributed by atoms with van der Waals surface area (Å²) in [4.78, 5) is 42.0. The minimum absolute atomic E-state index is 0.0325. The van der Waals surface area contributed by atoms with E-state index in [4.69, 9.17) is 9.97 Å². The van der Waals surface area contributed by atoms with Gasteiger partial charge in [0.25, 0.3) is 0 Å². The van der Waals surface area contributed by atoms with Crippen molar-refractivity contribution in [2.24, 2.45) is 0 Å². The van der Waals surface area contributed by atoms with Gasteiger partial charge in [-0.2, -0.15) is 0 Å². The molecule has 4 aliphatic rings. The van der Waals surface area contributed by atoms with Crippen molar-refractivity contribution in [3.63, 3.8) is 0 Å². The molecule has 1 aliphatic carbocycles. The molecule has 7 rings (SSSR count). The van der Waals surface area contributed by atoms with Crippen LogP contribution in [-0.2, 0) is 29.2 Å². The van der Waals surface area contributed by atoms with E-state index in [9.17, 15) is 19.8 Å². The van der Waals surface area contributed by atoms with Crippen LogP contribution in [0.5, 0.6) is 0 Å². The summed E-state index contributed by atoms with van der Waals surface area (Å²) in [5, 5.41) is 28.4. The summed E-state index contributed by atoms with van der Waals surface area (Å²) in [7, 11) is 0. The zero-order chi connectivity index (χ0) is 29.8. The molecule has 43 heavy (non-hydrogen) atoms. The van der Waals surface area contributed by atoms with Gasteiger partial charge in [-0.3, -0.25) is 34.2 Å². The summed E-state index contributed by atoms with van der Waals surface area (Å²) < 4.78 is 1.93. The number of rotatable bonds is 5. The first-order valence-corrected chi connectivity index (χ1v) is 15.1. The van der Waals surface area contributed by atoms with Crippen molar-refractivity contribution < 1.29 is 19.8 Å². The molecule has 6 heterocycles. The number of aliphatic carboxylic acids is 2. The second-order valence-corrected chi connectivity index (χ2v) is 11.8. The number of hydrogen-bond donors (Lipinski definition) is 2. The Kier molecular flexibility index (Phi) is 9.03. The summed E-state index contributed by atoms with van der Waals surface area (Å²) in [5.74, 6) is -1.30. The first-order chi connectivity index (χ1) is 20.9. The highest BCUT2D eigenvalue weighted by Crippen LogP contribution is 2.43. The third kappa shape index (κ3) is 7.79. The Labute approximate surface area is 250 Å². The lowest BCUT2D eigenvalue weighted by atomic mass is 10.1. The maximum absolute atomic E-state index is 11.7. The average molecular weight is 590 g/mol. The van der Waals surface area contributed by atoms with Gasteiger partial charge in [0.1, 0.15) is 5.69 Å². The third-order valence-corrected chi connectivity index (χ3v) is 8.37. The Balaban J connectivity index is 1.41. The Bertz CT molecular complexity index is 1410. The monoisotopic (exact) mass is 589 g/mol. The fourth-order valence-electron chi connectivity index (χ4n) is 5.94. The number of carbonyl (C=O) groups is 2. The lowest BCUT2D eigenvalue weighted by Gasteiger charge is -2.33. The van der Waals surface area contributed by atoms with Gasteiger partial charge in [0.2, 0.25) is 0 Å².